The van der Waals surface area contributed by atoms with Crippen molar-refractivity contribution >= 4 is 33.4 Å². The van der Waals surface area contributed by atoms with E-state index in [1.807, 2.05) is 24.3 Å². The number of halogens is 1. The smallest absolute Gasteiger partial charge is 0.168 e. The molecule has 4 heteroatoms. The fourth-order valence-electron chi connectivity index (χ4n) is 1.66. The quantitative estimate of drug-likeness (QED) is 0.745. The molecule has 0 fully saturated rings. The summed E-state index contributed by atoms with van der Waals surface area (Å²) >= 11 is 7.59. The van der Waals surface area contributed by atoms with E-state index in [-0.39, 0.29) is 0 Å². The molecule has 0 radical (unpaired) electrons. The number of benzene rings is 1. The van der Waals surface area contributed by atoms with E-state index in [1.54, 1.807) is 11.8 Å². The third kappa shape index (κ3) is 1.66. The maximum atomic E-state index is 5.85. The molecule has 15 heavy (non-hydrogen) atoms. The molecule has 0 N–H and O–H groups in total. The van der Waals surface area contributed by atoms with Gasteiger partial charge in [0.05, 0.1) is 6.54 Å². The molecule has 1 aromatic carbocycles. The summed E-state index contributed by atoms with van der Waals surface area (Å²) in [7, 11) is 0. The highest BCUT2D eigenvalue weighted by molar-refractivity contribution is 8.22. The fraction of sp³-hybridized carbons (Fsp3) is 0.182. The van der Waals surface area contributed by atoms with E-state index < -0.39 is 0 Å². The molecule has 2 aliphatic heterocycles. The van der Waals surface area contributed by atoms with Gasteiger partial charge >= 0.3 is 0 Å². The van der Waals surface area contributed by atoms with Gasteiger partial charge in [0.25, 0.3) is 0 Å². The van der Waals surface area contributed by atoms with Crippen molar-refractivity contribution < 1.29 is 0 Å². The average Bonchev–Trinajstić information content (AvgIpc) is 2.78. The second-order valence-electron chi connectivity index (χ2n) is 3.46. The molecular weight excluding hydrogens is 228 g/mol. The zero-order valence-corrected chi connectivity index (χ0v) is 9.55. The minimum Gasteiger partial charge on any atom is -0.325 e. The lowest BCUT2D eigenvalue weighted by atomic mass is 10.2. The first-order valence-corrected chi connectivity index (χ1v) is 5.99. The Hall–Kier alpha value is -0.930. The summed E-state index contributed by atoms with van der Waals surface area (Å²) in [6, 6.07) is 7.93. The molecule has 0 bridgehead atoms. The van der Waals surface area contributed by atoms with Crippen molar-refractivity contribution in [2.75, 3.05) is 13.1 Å². The molecule has 0 aromatic heterocycles. The molecule has 0 amide bonds. The van der Waals surface area contributed by atoms with Crippen LogP contribution in [0.4, 0.5) is 0 Å². The van der Waals surface area contributed by atoms with E-state index in [4.69, 9.17) is 11.6 Å². The summed E-state index contributed by atoms with van der Waals surface area (Å²) < 4.78 is 0. The number of thioether (sulfide) groups is 1. The first-order chi connectivity index (χ1) is 7.33. The summed E-state index contributed by atoms with van der Waals surface area (Å²) in [5, 5.41) is 1.90. The lowest BCUT2D eigenvalue weighted by Gasteiger charge is -2.04. The average molecular weight is 237 g/mol. The number of amidine groups is 1. The van der Waals surface area contributed by atoms with Gasteiger partial charge in [-0.25, -0.2) is 0 Å². The Bertz CT molecular complexity index is 450. The van der Waals surface area contributed by atoms with Crippen molar-refractivity contribution in [3.63, 3.8) is 0 Å². The summed E-state index contributed by atoms with van der Waals surface area (Å²) in [5.41, 5.74) is 1.21. The third-order valence-electron chi connectivity index (χ3n) is 2.44. The van der Waals surface area contributed by atoms with Gasteiger partial charge in [0.2, 0.25) is 0 Å². The lowest BCUT2D eigenvalue weighted by molar-refractivity contribution is 0.626. The highest BCUT2D eigenvalue weighted by Crippen LogP contribution is 2.37. The fourth-order valence-corrected chi connectivity index (χ4v) is 2.84. The van der Waals surface area contributed by atoms with Crippen LogP contribution < -0.4 is 0 Å². The SMILES string of the molecule is Clc1ccc(C2=CN3CCN=C3S2)cc1. The molecule has 0 atom stereocenters. The number of fused-ring (bicyclic) bond motifs is 1. The molecule has 2 heterocycles. The van der Waals surface area contributed by atoms with Gasteiger partial charge in [-0.2, -0.15) is 0 Å². The van der Waals surface area contributed by atoms with Crippen LogP contribution in [0.15, 0.2) is 35.5 Å². The highest BCUT2D eigenvalue weighted by Gasteiger charge is 2.24. The van der Waals surface area contributed by atoms with E-state index in [0.29, 0.717) is 0 Å². The van der Waals surface area contributed by atoms with E-state index in [9.17, 15) is 0 Å². The highest BCUT2D eigenvalue weighted by atomic mass is 35.5. The van der Waals surface area contributed by atoms with Gasteiger partial charge in [0, 0.05) is 22.7 Å². The van der Waals surface area contributed by atoms with Crippen LogP contribution in [0.2, 0.25) is 5.02 Å². The van der Waals surface area contributed by atoms with Crippen LogP contribution in [0.1, 0.15) is 5.56 Å². The summed E-state index contributed by atoms with van der Waals surface area (Å²) in [6.07, 6.45) is 2.17. The predicted octanol–water partition coefficient (Wildman–Crippen LogP) is 3.06. The lowest BCUT2D eigenvalue weighted by Crippen LogP contribution is -2.14. The van der Waals surface area contributed by atoms with Gasteiger partial charge in [0.15, 0.2) is 5.17 Å². The van der Waals surface area contributed by atoms with Gasteiger partial charge in [-0.3, -0.25) is 4.99 Å². The Kier molecular flexibility index (Phi) is 2.22. The van der Waals surface area contributed by atoms with Gasteiger partial charge < -0.3 is 4.90 Å². The second-order valence-corrected chi connectivity index (χ2v) is 4.91. The van der Waals surface area contributed by atoms with Crippen LogP contribution in [-0.4, -0.2) is 23.2 Å². The van der Waals surface area contributed by atoms with Crippen LogP contribution in [0.25, 0.3) is 4.91 Å². The molecule has 0 spiro atoms. The molecule has 0 saturated heterocycles. The van der Waals surface area contributed by atoms with E-state index >= 15 is 0 Å². The Morgan fingerprint density at radius 3 is 2.80 bits per heavy atom. The maximum Gasteiger partial charge on any atom is 0.168 e. The Labute approximate surface area is 97.6 Å². The zero-order valence-electron chi connectivity index (χ0n) is 7.98. The number of hydrogen-bond donors (Lipinski definition) is 0. The molecule has 76 valence electrons. The monoisotopic (exact) mass is 236 g/mol. The van der Waals surface area contributed by atoms with Crippen molar-refractivity contribution in [2.45, 2.75) is 0 Å². The number of aliphatic imine (C=N–C) groups is 1. The summed E-state index contributed by atoms with van der Waals surface area (Å²) in [4.78, 5) is 7.88. The van der Waals surface area contributed by atoms with Crippen LogP contribution in [-0.2, 0) is 0 Å². The largest absolute Gasteiger partial charge is 0.325 e. The molecule has 1 aromatic rings. The third-order valence-corrected chi connectivity index (χ3v) is 3.80. The topological polar surface area (TPSA) is 15.6 Å². The zero-order chi connectivity index (χ0) is 10.3. The van der Waals surface area contributed by atoms with Crippen molar-refractivity contribution in [1.29, 1.82) is 0 Å². The van der Waals surface area contributed by atoms with Crippen molar-refractivity contribution in [1.82, 2.24) is 4.90 Å². The van der Waals surface area contributed by atoms with Gasteiger partial charge in [0.1, 0.15) is 0 Å². The van der Waals surface area contributed by atoms with E-state index in [1.165, 1.54) is 10.5 Å². The van der Waals surface area contributed by atoms with Crippen molar-refractivity contribution in [3.8, 4) is 0 Å². The number of rotatable bonds is 1. The second kappa shape index (κ2) is 3.58. The Balaban J connectivity index is 1.90. The minimum atomic E-state index is 0.778. The Morgan fingerprint density at radius 1 is 1.27 bits per heavy atom. The van der Waals surface area contributed by atoms with E-state index in [2.05, 4.69) is 16.1 Å². The van der Waals surface area contributed by atoms with Gasteiger partial charge in [-0.05, 0) is 29.5 Å². The first-order valence-electron chi connectivity index (χ1n) is 4.80. The molecule has 3 rings (SSSR count). The molecular formula is C11H9ClN2S. The first kappa shape index (κ1) is 9.31. The Morgan fingerprint density at radius 2 is 2.07 bits per heavy atom. The van der Waals surface area contributed by atoms with Crippen LogP contribution in [0, 0.1) is 0 Å². The predicted molar refractivity (Wildman–Crippen MR) is 66.0 cm³/mol. The van der Waals surface area contributed by atoms with Crippen LogP contribution in [0.5, 0.6) is 0 Å². The van der Waals surface area contributed by atoms with Gasteiger partial charge in [-0.1, -0.05) is 23.7 Å². The van der Waals surface area contributed by atoms with Gasteiger partial charge in [-0.15, -0.1) is 0 Å². The summed E-state index contributed by atoms with van der Waals surface area (Å²) in [6.45, 7) is 1.94. The molecule has 0 unspecified atom stereocenters. The number of hydrogen-bond acceptors (Lipinski definition) is 3. The van der Waals surface area contributed by atoms with Crippen LogP contribution >= 0.6 is 23.4 Å². The normalized spacial score (nSPS) is 18.9. The summed E-state index contributed by atoms with van der Waals surface area (Å²) in [5.74, 6) is 0. The maximum absolute atomic E-state index is 5.85. The minimum absolute atomic E-state index is 0.778. The van der Waals surface area contributed by atoms with Crippen molar-refractivity contribution in [2.24, 2.45) is 4.99 Å². The molecule has 2 aliphatic rings. The van der Waals surface area contributed by atoms with Crippen molar-refractivity contribution in [3.05, 3.63) is 41.1 Å². The standard InChI is InChI=1S/C11H9ClN2S/c12-9-3-1-8(2-4-9)10-7-14-6-5-13-11(14)15-10/h1-4,7H,5-6H2. The molecule has 0 saturated carbocycles. The molecule has 0 aliphatic carbocycles. The molecule has 2 nitrogen and oxygen atoms in total. The van der Waals surface area contributed by atoms with Crippen LogP contribution in [0.3, 0.4) is 0 Å². The van der Waals surface area contributed by atoms with E-state index in [0.717, 1.165) is 23.3 Å². The number of nitrogens with zero attached hydrogens (tertiary/aromatic N) is 2.